The second-order valence-electron chi connectivity index (χ2n) is 8.00. The number of aromatic amines is 1. The molecule has 7 nitrogen and oxygen atoms in total. The number of carbonyl (C=O) groups excluding carboxylic acids is 1. The Balaban J connectivity index is 1.23. The van der Waals surface area contributed by atoms with E-state index in [0.717, 1.165) is 42.7 Å². The zero-order chi connectivity index (χ0) is 20.3. The number of H-pyrrole nitrogens is 1. The van der Waals surface area contributed by atoms with Crippen molar-refractivity contribution in [1.82, 2.24) is 24.8 Å². The molecule has 2 aliphatic rings. The monoisotopic (exact) mass is 403 g/mol. The lowest BCUT2D eigenvalue weighted by Crippen LogP contribution is -2.31. The molecule has 1 N–H and O–H groups in total. The highest BCUT2D eigenvalue weighted by molar-refractivity contribution is 5.94. The molecule has 1 aliphatic heterocycles. The first-order valence-corrected chi connectivity index (χ1v) is 10.0. The van der Waals surface area contributed by atoms with Gasteiger partial charge in [-0.05, 0) is 43.9 Å². The molecule has 6 rings (SSSR count). The summed E-state index contributed by atoms with van der Waals surface area (Å²) in [5.74, 6) is 0.550. The number of hydrogen-bond acceptors (Lipinski definition) is 5. The number of rotatable bonds is 2. The Kier molecular flexibility index (Phi) is 3.59. The Morgan fingerprint density at radius 2 is 2.03 bits per heavy atom. The van der Waals surface area contributed by atoms with E-state index in [4.69, 9.17) is 4.74 Å². The summed E-state index contributed by atoms with van der Waals surface area (Å²) in [6.07, 6.45) is 6.54. The molecule has 150 valence electrons. The van der Waals surface area contributed by atoms with Crippen molar-refractivity contribution >= 4 is 11.6 Å². The summed E-state index contributed by atoms with van der Waals surface area (Å²) in [6.45, 7) is 0. The van der Waals surface area contributed by atoms with Gasteiger partial charge in [-0.15, -0.1) is 14.8 Å². The van der Waals surface area contributed by atoms with E-state index in [9.17, 15) is 9.18 Å². The van der Waals surface area contributed by atoms with E-state index in [0.29, 0.717) is 16.8 Å². The first-order chi connectivity index (χ1) is 14.6. The zero-order valence-electron chi connectivity index (χ0n) is 16.0. The largest absolute Gasteiger partial charge is 0.450 e. The molecule has 0 radical (unpaired) electrons. The summed E-state index contributed by atoms with van der Waals surface area (Å²) < 4.78 is 20.9. The van der Waals surface area contributed by atoms with Crippen molar-refractivity contribution in [2.75, 3.05) is 0 Å². The summed E-state index contributed by atoms with van der Waals surface area (Å²) >= 11 is 0. The van der Waals surface area contributed by atoms with Crippen LogP contribution in [0.15, 0.2) is 48.8 Å². The van der Waals surface area contributed by atoms with Crippen molar-refractivity contribution in [2.24, 2.45) is 0 Å². The van der Waals surface area contributed by atoms with Gasteiger partial charge in [0.15, 0.2) is 5.65 Å². The van der Waals surface area contributed by atoms with Crippen molar-refractivity contribution in [3.63, 3.8) is 0 Å². The molecule has 30 heavy (non-hydrogen) atoms. The number of pyridine rings is 1. The molecule has 1 saturated carbocycles. The highest BCUT2D eigenvalue weighted by Crippen LogP contribution is 2.49. The number of halogens is 1. The van der Waals surface area contributed by atoms with Gasteiger partial charge in [-0.3, -0.25) is 4.98 Å². The number of carbonyl (C=O) groups is 1. The second-order valence-corrected chi connectivity index (χ2v) is 8.00. The van der Waals surface area contributed by atoms with Crippen LogP contribution in [0.4, 0.5) is 4.39 Å². The maximum atomic E-state index is 13.5. The van der Waals surface area contributed by atoms with E-state index in [1.807, 2.05) is 12.1 Å². The topological polar surface area (TPSA) is 85.2 Å². The minimum atomic E-state index is -0.561. The Morgan fingerprint density at radius 1 is 1.17 bits per heavy atom. The van der Waals surface area contributed by atoms with Gasteiger partial charge in [0.1, 0.15) is 17.2 Å². The third-order valence-corrected chi connectivity index (χ3v) is 6.27. The first kappa shape index (κ1) is 17.3. The summed E-state index contributed by atoms with van der Waals surface area (Å²) in [5, 5.41) is 9.10. The third kappa shape index (κ3) is 2.56. The summed E-state index contributed by atoms with van der Waals surface area (Å²) in [5.41, 5.74) is 3.13. The second kappa shape index (κ2) is 6.22. The Labute approximate surface area is 170 Å². The van der Waals surface area contributed by atoms with Crippen LogP contribution >= 0.6 is 0 Å². The Hall–Kier alpha value is -3.55. The van der Waals surface area contributed by atoms with Crippen LogP contribution in [0.5, 0.6) is 0 Å². The highest BCUT2D eigenvalue weighted by Gasteiger charge is 2.48. The van der Waals surface area contributed by atoms with Gasteiger partial charge >= 0.3 is 5.97 Å². The molecule has 0 amide bonds. The standard InChI is InChI=1S/C22H18FN5O2/c23-15-3-1-2-14(10-15)18-11-19-25-20(27-28(19)26-18)13-4-7-22(8-5-13)17-12-24-9-6-16(17)21(29)30-22/h1-3,6,9-13H,4-5,7-8H2,(H,25,27)/t13-,22+. The van der Waals surface area contributed by atoms with Crippen LogP contribution in [0.2, 0.25) is 0 Å². The molecule has 4 aromatic rings. The average Bonchev–Trinajstić information content (AvgIpc) is 3.40. The fourth-order valence-electron chi connectivity index (χ4n) is 4.72. The van der Waals surface area contributed by atoms with E-state index >= 15 is 0 Å². The van der Waals surface area contributed by atoms with Gasteiger partial charge in [-0.1, -0.05) is 12.1 Å². The van der Waals surface area contributed by atoms with Crippen molar-refractivity contribution in [1.29, 1.82) is 0 Å². The van der Waals surface area contributed by atoms with E-state index < -0.39 is 5.60 Å². The molecule has 0 bridgehead atoms. The van der Waals surface area contributed by atoms with E-state index in [1.165, 1.54) is 12.1 Å². The molecule has 1 aromatic carbocycles. The molecule has 8 heteroatoms. The lowest BCUT2D eigenvalue weighted by molar-refractivity contribution is -0.0313. The number of aromatic nitrogens is 5. The fourth-order valence-corrected chi connectivity index (χ4v) is 4.72. The Bertz CT molecular complexity index is 1250. The van der Waals surface area contributed by atoms with Crippen LogP contribution in [0.1, 0.15) is 53.3 Å². The van der Waals surface area contributed by atoms with E-state index in [1.54, 1.807) is 29.2 Å². The molecular formula is C22H18FN5O2. The van der Waals surface area contributed by atoms with Crippen LogP contribution in [-0.2, 0) is 10.3 Å². The first-order valence-electron chi connectivity index (χ1n) is 10.0. The summed E-state index contributed by atoms with van der Waals surface area (Å²) in [6, 6.07) is 9.96. The molecule has 1 aliphatic carbocycles. The highest BCUT2D eigenvalue weighted by atomic mass is 19.1. The number of nitrogens with one attached hydrogen (secondary N) is 1. The van der Waals surface area contributed by atoms with Crippen LogP contribution in [0, 0.1) is 5.82 Å². The molecule has 0 unspecified atom stereocenters. The number of nitrogens with zero attached hydrogens (tertiary/aromatic N) is 4. The zero-order valence-corrected chi connectivity index (χ0v) is 16.0. The summed E-state index contributed by atoms with van der Waals surface area (Å²) in [7, 11) is 0. The molecule has 0 saturated heterocycles. The number of ether oxygens (including phenoxy) is 1. The maximum Gasteiger partial charge on any atom is 0.339 e. The van der Waals surface area contributed by atoms with Gasteiger partial charge in [-0.25, -0.2) is 9.18 Å². The molecule has 0 atom stereocenters. The lowest BCUT2D eigenvalue weighted by atomic mass is 9.75. The predicted octanol–water partition coefficient (Wildman–Crippen LogP) is 3.98. The van der Waals surface area contributed by atoms with Crippen molar-refractivity contribution in [2.45, 2.75) is 37.2 Å². The molecular weight excluding hydrogens is 385 g/mol. The van der Waals surface area contributed by atoms with Gasteiger partial charge in [0.25, 0.3) is 0 Å². The van der Waals surface area contributed by atoms with Gasteiger partial charge in [0, 0.05) is 35.5 Å². The summed E-state index contributed by atoms with van der Waals surface area (Å²) in [4.78, 5) is 19.8. The smallest absolute Gasteiger partial charge is 0.339 e. The van der Waals surface area contributed by atoms with Gasteiger partial charge in [0.05, 0.1) is 11.3 Å². The normalized spacial score (nSPS) is 23.1. The van der Waals surface area contributed by atoms with Gasteiger partial charge in [-0.2, -0.15) is 0 Å². The maximum absolute atomic E-state index is 13.5. The average molecular weight is 403 g/mol. The molecule has 1 spiro atoms. The molecule has 1 fully saturated rings. The quantitative estimate of drug-likeness (QED) is 0.512. The molecule has 4 heterocycles. The van der Waals surface area contributed by atoms with Crippen molar-refractivity contribution < 1.29 is 13.9 Å². The van der Waals surface area contributed by atoms with Crippen molar-refractivity contribution in [3.8, 4) is 11.3 Å². The van der Waals surface area contributed by atoms with Crippen molar-refractivity contribution in [3.05, 3.63) is 71.6 Å². The fraction of sp³-hybridized carbons (Fsp3) is 0.273. The SMILES string of the molecule is O=C1O[C@]2(CC[C@@H](c3nn4nc(-c5cccc(F)c5)cc4[nH]3)CC2)c2cnccc21. The van der Waals surface area contributed by atoms with Crippen LogP contribution < -0.4 is 0 Å². The minimum Gasteiger partial charge on any atom is -0.450 e. The third-order valence-electron chi connectivity index (χ3n) is 6.27. The number of benzene rings is 1. The lowest BCUT2D eigenvalue weighted by Gasteiger charge is -2.35. The van der Waals surface area contributed by atoms with Crippen LogP contribution in [0.25, 0.3) is 16.9 Å². The van der Waals surface area contributed by atoms with Gasteiger partial charge in [0.2, 0.25) is 0 Å². The Morgan fingerprint density at radius 3 is 2.83 bits per heavy atom. The van der Waals surface area contributed by atoms with Crippen LogP contribution in [-0.4, -0.2) is 30.8 Å². The van der Waals surface area contributed by atoms with Gasteiger partial charge < -0.3 is 9.72 Å². The minimum absolute atomic E-state index is 0.231. The van der Waals surface area contributed by atoms with E-state index in [2.05, 4.69) is 20.2 Å². The number of esters is 1. The number of hydrogen-bond donors (Lipinski definition) is 1. The number of fused-ring (bicyclic) bond motifs is 3. The van der Waals surface area contributed by atoms with E-state index in [-0.39, 0.29) is 17.7 Å². The predicted molar refractivity (Wildman–Crippen MR) is 105 cm³/mol. The molecule has 3 aromatic heterocycles. The van der Waals surface area contributed by atoms with Crippen LogP contribution in [0.3, 0.4) is 0 Å².